The Morgan fingerprint density at radius 1 is 1.36 bits per heavy atom. The topological polar surface area (TPSA) is 47.6 Å². The molecule has 3 rings (SSSR count). The Balaban J connectivity index is 1.73. The maximum Gasteiger partial charge on any atom is 0.250 e. The van der Waals surface area contributed by atoms with Crippen molar-refractivity contribution in [2.24, 2.45) is 0 Å². The van der Waals surface area contributed by atoms with E-state index in [1.54, 1.807) is 12.1 Å². The number of rotatable bonds is 5. The van der Waals surface area contributed by atoms with E-state index in [0.29, 0.717) is 29.2 Å². The van der Waals surface area contributed by atoms with Crippen LogP contribution in [0, 0.1) is 5.82 Å². The van der Waals surface area contributed by atoms with Gasteiger partial charge < -0.3 is 14.8 Å². The quantitative estimate of drug-likeness (QED) is 0.814. The normalized spacial score (nSPS) is 12.7. The number of ether oxygens (including phenoxy) is 2. The highest BCUT2D eigenvalue weighted by Crippen LogP contribution is 2.35. The number of fused-ring (bicyclic) bond motifs is 1. The minimum absolute atomic E-state index is 0.160. The summed E-state index contributed by atoms with van der Waals surface area (Å²) in [5.41, 5.74) is 1.98. The van der Waals surface area contributed by atoms with E-state index in [9.17, 15) is 9.18 Å². The molecule has 0 saturated heterocycles. The number of hydrogen-bond donors (Lipinski definition) is 1. The molecule has 6 heteroatoms. The van der Waals surface area contributed by atoms with Crippen LogP contribution in [0.3, 0.4) is 0 Å². The zero-order valence-electron chi connectivity index (χ0n) is 13.6. The van der Waals surface area contributed by atoms with Gasteiger partial charge in [-0.2, -0.15) is 0 Å². The van der Waals surface area contributed by atoms with E-state index in [1.165, 1.54) is 12.1 Å². The van der Waals surface area contributed by atoms with Crippen LogP contribution in [0.15, 0.2) is 46.4 Å². The second-order valence-corrected chi connectivity index (χ2v) is 6.34. The first-order chi connectivity index (χ1) is 12.1. The van der Waals surface area contributed by atoms with Crippen molar-refractivity contribution >= 4 is 27.9 Å². The summed E-state index contributed by atoms with van der Waals surface area (Å²) < 4.78 is 25.3. The molecule has 25 heavy (non-hydrogen) atoms. The number of benzene rings is 2. The second-order valence-electron chi connectivity index (χ2n) is 5.48. The van der Waals surface area contributed by atoms with Gasteiger partial charge in [0.1, 0.15) is 12.4 Å². The standard InChI is InChI=1S/C19H17BrFNO3/c1-2-24-17-5-3-4-12-8-14(11-25-18(12)17)19(23)22-10-13-9-15(21)6-7-16(13)20/h3-9H,2,10-11H2,1H3,(H,22,23). The lowest BCUT2D eigenvalue weighted by atomic mass is 10.1. The predicted octanol–water partition coefficient (Wildman–Crippen LogP) is 4.08. The Hall–Kier alpha value is -2.34. The summed E-state index contributed by atoms with van der Waals surface area (Å²) in [5.74, 6) is 0.724. The molecule has 0 aliphatic carbocycles. The maximum absolute atomic E-state index is 13.3. The number of carbonyl (C=O) groups is 1. The van der Waals surface area contributed by atoms with Gasteiger partial charge in [-0.25, -0.2) is 4.39 Å². The lowest BCUT2D eigenvalue weighted by molar-refractivity contribution is -0.117. The van der Waals surface area contributed by atoms with Crippen LogP contribution < -0.4 is 14.8 Å². The third-order valence-electron chi connectivity index (χ3n) is 3.75. The number of hydrogen-bond acceptors (Lipinski definition) is 3. The number of halogens is 2. The third kappa shape index (κ3) is 4.02. The zero-order valence-corrected chi connectivity index (χ0v) is 15.2. The van der Waals surface area contributed by atoms with Crippen LogP contribution in [-0.2, 0) is 11.3 Å². The Kier molecular flexibility index (Phi) is 5.38. The fraction of sp³-hybridized carbons (Fsp3) is 0.211. The molecule has 0 atom stereocenters. The molecule has 1 amide bonds. The summed E-state index contributed by atoms with van der Waals surface area (Å²) in [7, 11) is 0. The molecule has 0 saturated carbocycles. The lowest BCUT2D eigenvalue weighted by Crippen LogP contribution is -2.28. The molecule has 2 aromatic rings. The van der Waals surface area contributed by atoms with E-state index in [0.717, 1.165) is 10.0 Å². The number of amides is 1. The van der Waals surface area contributed by atoms with Gasteiger partial charge >= 0.3 is 0 Å². The van der Waals surface area contributed by atoms with Crippen molar-refractivity contribution in [3.05, 3.63) is 63.4 Å². The summed E-state index contributed by atoms with van der Waals surface area (Å²) in [6, 6.07) is 9.93. The van der Waals surface area contributed by atoms with E-state index in [2.05, 4.69) is 21.2 Å². The van der Waals surface area contributed by atoms with Crippen LogP contribution >= 0.6 is 15.9 Å². The van der Waals surface area contributed by atoms with Gasteiger partial charge in [-0.3, -0.25) is 4.79 Å². The molecule has 4 nitrogen and oxygen atoms in total. The lowest BCUT2D eigenvalue weighted by Gasteiger charge is -2.20. The van der Waals surface area contributed by atoms with Crippen molar-refractivity contribution < 1.29 is 18.7 Å². The second kappa shape index (κ2) is 7.70. The number of carbonyl (C=O) groups excluding carboxylic acids is 1. The van der Waals surface area contributed by atoms with Gasteiger partial charge in [0.25, 0.3) is 5.91 Å². The van der Waals surface area contributed by atoms with Gasteiger partial charge in [0.05, 0.1) is 12.2 Å². The summed E-state index contributed by atoms with van der Waals surface area (Å²) in [4.78, 5) is 12.4. The average molecular weight is 406 g/mol. The molecule has 1 aliphatic rings. The summed E-state index contributed by atoms with van der Waals surface area (Å²) in [6.45, 7) is 2.83. The van der Waals surface area contributed by atoms with E-state index < -0.39 is 0 Å². The summed E-state index contributed by atoms with van der Waals surface area (Å²) in [6.07, 6.45) is 1.79. The first-order valence-corrected chi connectivity index (χ1v) is 8.69. The van der Waals surface area contributed by atoms with Crippen molar-refractivity contribution in [1.29, 1.82) is 0 Å². The van der Waals surface area contributed by atoms with Crippen LogP contribution in [0.1, 0.15) is 18.1 Å². The van der Waals surface area contributed by atoms with Gasteiger partial charge in [0, 0.05) is 16.6 Å². The fourth-order valence-electron chi connectivity index (χ4n) is 2.55. The van der Waals surface area contributed by atoms with E-state index in [4.69, 9.17) is 9.47 Å². The average Bonchev–Trinajstić information content (AvgIpc) is 2.62. The molecule has 0 aromatic heterocycles. The van der Waals surface area contributed by atoms with Gasteiger partial charge in [0.2, 0.25) is 0 Å². The highest BCUT2D eigenvalue weighted by molar-refractivity contribution is 9.10. The SMILES string of the molecule is CCOc1cccc2c1OCC(C(=O)NCc1cc(F)ccc1Br)=C2. The van der Waals surface area contributed by atoms with Crippen LogP contribution in [-0.4, -0.2) is 19.1 Å². The molecule has 1 heterocycles. The highest BCUT2D eigenvalue weighted by Gasteiger charge is 2.20. The van der Waals surface area contributed by atoms with Crippen molar-refractivity contribution in [1.82, 2.24) is 5.32 Å². The molecule has 0 spiro atoms. The van der Waals surface area contributed by atoms with E-state index in [1.807, 2.05) is 25.1 Å². The molecule has 2 aromatic carbocycles. The molecular weight excluding hydrogens is 389 g/mol. The largest absolute Gasteiger partial charge is 0.490 e. The highest BCUT2D eigenvalue weighted by atomic mass is 79.9. The smallest absolute Gasteiger partial charge is 0.250 e. The first-order valence-electron chi connectivity index (χ1n) is 7.89. The molecule has 0 bridgehead atoms. The maximum atomic E-state index is 13.3. The molecule has 0 fully saturated rings. The predicted molar refractivity (Wildman–Crippen MR) is 97.0 cm³/mol. The van der Waals surface area contributed by atoms with Crippen LogP contribution in [0.25, 0.3) is 6.08 Å². The molecule has 1 N–H and O–H groups in total. The zero-order chi connectivity index (χ0) is 17.8. The molecule has 0 radical (unpaired) electrons. The monoisotopic (exact) mass is 405 g/mol. The minimum atomic E-state index is -0.343. The van der Waals surface area contributed by atoms with Crippen molar-refractivity contribution in [3.8, 4) is 11.5 Å². The molecule has 1 aliphatic heterocycles. The minimum Gasteiger partial charge on any atom is -0.490 e. The Bertz CT molecular complexity index is 835. The van der Waals surface area contributed by atoms with Crippen LogP contribution in [0.4, 0.5) is 4.39 Å². The summed E-state index contributed by atoms with van der Waals surface area (Å²) in [5, 5.41) is 2.79. The number of nitrogens with one attached hydrogen (secondary N) is 1. The Morgan fingerprint density at radius 2 is 2.20 bits per heavy atom. The third-order valence-corrected chi connectivity index (χ3v) is 4.52. The van der Waals surface area contributed by atoms with Gasteiger partial charge in [0.15, 0.2) is 11.5 Å². The van der Waals surface area contributed by atoms with Crippen molar-refractivity contribution in [2.45, 2.75) is 13.5 Å². The Morgan fingerprint density at radius 3 is 3.00 bits per heavy atom. The van der Waals surface area contributed by atoms with Gasteiger partial charge in [-0.15, -0.1) is 0 Å². The van der Waals surface area contributed by atoms with Crippen LogP contribution in [0.5, 0.6) is 11.5 Å². The molecule has 130 valence electrons. The number of para-hydroxylation sites is 1. The van der Waals surface area contributed by atoms with Crippen molar-refractivity contribution in [2.75, 3.05) is 13.2 Å². The first kappa shape index (κ1) is 17.5. The summed E-state index contributed by atoms with van der Waals surface area (Å²) >= 11 is 3.35. The van der Waals surface area contributed by atoms with Gasteiger partial charge in [-0.1, -0.05) is 28.1 Å². The fourth-order valence-corrected chi connectivity index (χ4v) is 2.94. The van der Waals surface area contributed by atoms with Crippen molar-refractivity contribution in [3.63, 3.8) is 0 Å². The molecular formula is C19H17BrFNO3. The van der Waals surface area contributed by atoms with E-state index in [-0.39, 0.29) is 24.9 Å². The Labute approximate surface area is 153 Å². The molecule has 0 unspecified atom stereocenters. The van der Waals surface area contributed by atoms with Gasteiger partial charge in [-0.05, 0) is 42.8 Å². The van der Waals surface area contributed by atoms with Crippen LogP contribution in [0.2, 0.25) is 0 Å². The van der Waals surface area contributed by atoms with E-state index >= 15 is 0 Å².